The summed E-state index contributed by atoms with van der Waals surface area (Å²) in [7, 11) is 0. The van der Waals surface area contributed by atoms with Crippen molar-refractivity contribution in [2.45, 2.75) is 132 Å². The van der Waals surface area contributed by atoms with Crippen LogP contribution in [0.5, 0.6) is 11.5 Å². The van der Waals surface area contributed by atoms with Crippen LogP contribution < -0.4 is 9.47 Å². The molecular formula is C31H29F25O3. The molecule has 0 N–H and O–H groups in total. The molecule has 28 heteroatoms. The number of rotatable bonds is 19. The van der Waals surface area contributed by atoms with E-state index in [0.717, 1.165) is 0 Å². The van der Waals surface area contributed by atoms with Crippen LogP contribution in [-0.2, 0) is 4.79 Å². The van der Waals surface area contributed by atoms with Crippen LogP contribution in [-0.4, -0.2) is 77.5 Å². The lowest BCUT2D eigenvalue weighted by Gasteiger charge is -2.45. The molecule has 59 heavy (non-hydrogen) atoms. The molecule has 0 amide bonds. The van der Waals surface area contributed by atoms with E-state index in [1.165, 1.54) is 6.92 Å². The van der Waals surface area contributed by atoms with Gasteiger partial charge in [0, 0.05) is 0 Å². The van der Waals surface area contributed by atoms with E-state index in [-0.39, 0.29) is 24.5 Å². The van der Waals surface area contributed by atoms with E-state index >= 15 is 0 Å². The molecule has 1 aromatic carbocycles. The average molecular weight is 925 g/mol. The maximum Gasteiger partial charge on any atom is 0.471 e. The minimum Gasteiger partial charge on any atom is -0.428 e. The Morgan fingerprint density at radius 1 is 0.492 bits per heavy atom. The summed E-state index contributed by atoms with van der Waals surface area (Å²) in [6, 6.07) is 0.808. The number of hydrogen-bond donors (Lipinski definition) is 0. The summed E-state index contributed by atoms with van der Waals surface area (Å²) in [6.45, 7) is 9.98. The van der Waals surface area contributed by atoms with Crippen LogP contribution in [0.1, 0.15) is 60.8 Å². The van der Waals surface area contributed by atoms with Crippen molar-refractivity contribution in [3.8, 4) is 11.5 Å². The third-order valence-corrected chi connectivity index (χ3v) is 9.83. The average Bonchev–Trinajstić information content (AvgIpc) is 3.07. The number of benzene rings is 1. The van der Waals surface area contributed by atoms with Crippen molar-refractivity contribution in [3.63, 3.8) is 0 Å². The standard InChI is InChI=1S/C31H29F25O3/c1-7-14(3)13-19(6,18(4,5)8-2)17(57)58-15-9-11-16(12-10-15)59-31(55,56)29(50,51)27(46,47)25(42,43)23(38,39)21(34,35)20(32,33)22(36,37)24(40,41)26(44,45)28(48,49)30(52,53)54/h9-12,14H,7-8,13H2,1-6H3. The Labute approximate surface area is 315 Å². The normalized spacial score (nSPS) is 17.1. The zero-order valence-electron chi connectivity index (χ0n) is 30.2. The van der Waals surface area contributed by atoms with Crippen molar-refractivity contribution in [1.29, 1.82) is 0 Å². The monoisotopic (exact) mass is 924 g/mol. The molecule has 0 bridgehead atoms. The van der Waals surface area contributed by atoms with E-state index < -0.39 is 99.8 Å². The highest BCUT2D eigenvalue weighted by molar-refractivity contribution is 5.79. The molecule has 0 heterocycles. The van der Waals surface area contributed by atoms with E-state index in [4.69, 9.17) is 4.74 Å². The molecule has 3 nitrogen and oxygen atoms in total. The Kier molecular flexibility index (Phi) is 13.9. The molecule has 0 aliphatic carbocycles. The predicted octanol–water partition coefficient (Wildman–Crippen LogP) is 13.4. The lowest BCUT2D eigenvalue weighted by Crippen LogP contribution is -2.78. The van der Waals surface area contributed by atoms with E-state index in [9.17, 15) is 115 Å². The highest BCUT2D eigenvalue weighted by atomic mass is 19.4. The van der Waals surface area contributed by atoms with Crippen LogP contribution in [0, 0.1) is 16.7 Å². The fraction of sp³-hybridized carbons (Fsp3) is 0.774. The minimum absolute atomic E-state index is 0.0174. The first-order chi connectivity index (χ1) is 25.6. The molecule has 0 saturated carbocycles. The van der Waals surface area contributed by atoms with Gasteiger partial charge in [0.2, 0.25) is 0 Å². The van der Waals surface area contributed by atoms with Gasteiger partial charge in [-0.25, -0.2) is 0 Å². The van der Waals surface area contributed by atoms with Crippen LogP contribution in [0.15, 0.2) is 24.3 Å². The number of carbonyl (C=O) groups excluding carboxylic acids is 1. The molecule has 0 saturated heterocycles. The second-order valence-electron chi connectivity index (χ2n) is 14.0. The van der Waals surface area contributed by atoms with Crippen LogP contribution >= 0.6 is 0 Å². The van der Waals surface area contributed by atoms with Gasteiger partial charge in [-0.2, -0.15) is 110 Å². The van der Waals surface area contributed by atoms with Gasteiger partial charge in [-0.3, -0.25) is 4.79 Å². The van der Waals surface area contributed by atoms with Crippen molar-refractivity contribution in [2.24, 2.45) is 16.7 Å². The summed E-state index contributed by atoms with van der Waals surface area (Å²) in [6.07, 6.45) is -14.6. The van der Waals surface area contributed by atoms with Crippen molar-refractivity contribution in [2.75, 3.05) is 0 Å². The van der Waals surface area contributed by atoms with Crippen LogP contribution in [0.4, 0.5) is 110 Å². The van der Waals surface area contributed by atoms with Crippen LogP contribution in [0.3, 0.4) is 0 Å². The molecule has 1 aromatic rings. The summed E-state index contributed by atoms with van der Waals surface area (Å²) in [5.74, 6) is -96.2. The lowest BCUT2D eigenvalue weighted by atomic mass is 9.61. The number of ether oxygens (including phenoxy) is 2. The smallest absolute Gasteiger partial charge is 0.428 e. The van der Waals surface area contributed by atoms with Gasteiger partial charge in [0.1, 0.15) is 11.5 Å². The van der Waals surface area contributed by atoms with Crippen molar-refractivity contribution >= 4 is 5.97 Å². The topological polar surface area (TPSA) is 35.5 Å². The fourth-order valence-corrected chi connectivity index (χ4v) is 4.81. The number of carbonyl (C=O) groups is 1. The van der Waals surface area contributed by atoms with Gasteiger partial charge in [0.05, 0.1) is 5.41 Å². The highest BCUT2D eigenvalue weighted by Crippen LogP contribution is 2.68. The Morgan fingerprint density at radius 2 is 0.780 bits per heavy atom. The van der Waals surface area contributed by atoms with E-state index in [1.54, 1.807) is 34.6 Å². The number of esters is 1. The first kappa shape index (κ1) is 53.8. The fourth-order valence-electron chi connectivity index (χ4n) is 4.81. The third kappa shape index (κ3) is 7.80. The number of halogens is 25. The quantitative estimate of drug-likeness (QED) is 0.0788. The molecule has 0 aliphatic heterocycles. The first-order valence-electron chi connectivity index (χ1n) is 15.8. The summed E-state index contributed by atoms with van der Waals surface area (Å²) >= 11 is 0. The SMILES string of the molecule is CCC(C)CC(C)(C(=O)Oc1ccc(OC(F)(F)C(F)(F)C(F)(F)C(F)(F)C(F)(F)C(F)(F)C(F)(F)C(F)(F)C(F)(F)C(F)(F)C(F)(F)C(F)(F)F)cc1)C(C)(C)CC. The molecule has 0 spiro atoms. The second kappa shape index (κ2) is 15.3. The molecule has 1 rings (SSSR count). The van der Waals surface area contributed by atoms with Crippen molar-refractivity contribution in [3.05, 3.63) is 24.3 Å². The molecule has 0 radical (unpaired) electrons. The largest absolute Gasteiger partial charge is 0.471 e. The van der Waals surface area contributed by atoms with Gasteiger partial charge in [0.25, 0.3) is 0 Å². The van der Waals surface area contributed by atoms with Gasteiger partial charge >= 0.3 is 77.5 Å². The van der Waals surface area contributed by atoms with Gasteiger partial charge in [-0.1, -0.05) is 41.0 Å². The molecule has 0 aromatic heterocycles. The maximum absolute atomic E-state index is 14.4. The van der Waals surface area contributed by atoms with Crippen molar-refractivity contribution < 1.29 is 124 Å². The second-order valence-corrected chi connectivity index (χ2v) is 14.0. The Bertz CT molecular complexity index is 1630. The lowest BCUT2D eigenvalue weighted by molar-refractivity contribution is -0.486. The van der Waals surface area contributed by atoms with Crippen molar-refractivity contribution in [1.82, 2.24) is 0 Å². The third-order valence-electron chi connectivity index (χ3n) is 9.83. The predicted molar refractivity (Wildman–Crippen MR) is 149 cm³/mol. The molecule has 346 valence electrons. The number of hydrogen-bond acceptors (Lipinski definition) is 3. The molecule has 0 aliphatic rings. The number of alkyl halides is 25. The van der Waals surface area contributed by atoms with E-state index in [2.05, 4.69) is 4.74 Å². The zero-order valence-corrected chi connectivity index (χ0v) is 30.2. The molecule has 2 unspecified atom stereocenters. The summed E-state index contributed by atoms with van der Waals surface area (Å²) in [4.78, 5) is 13.2. The van der Waals surface area contributed by atoms with Gasteiger partial charge in [-0.05, 0) is 55.4 Å². The minimum atomic E-state index is -9.67. The van der Waals surface area contributed by atoms with Crippen LogP contribution in [0.2, 0.25) is 0 Å². The van der Waals surface area contributed by atoms with Crippen LogP contribution in [0.25, 0.3) is 0 Å². The Morgan fingerprint density at radius 3 is 1.07 bits per heavy atom. The molecular weight excluding hydrogens is 895 g/mol. The van der Waals surface area contributed by atoms with E-state index in [0.29, 0.717) is 25.0 Å². The zero-order chi connectivity index (χ0) is 47.7. The Balaban J connectivity index is 3.67. The van der Waals surface area contributed by atoms with E-state index in [1.807, 2.05) is 0 Å². The Hall–Kier alpha value is -3.26. The molecule has 0 fully saturated rings. The van der Waals surface area contributed by atoms with Gasteiger partial charge in [0.15, 0.2) is 0 Å². The summed E-state index contributed by atoms with van der Waals surface area (Å²) in [5.41, 5.74) is -2.13. The van der Waals surface area contributed by atoms with Gasteiger partial charge in [-0.15, -0.1) is 0 Å². The van der Waals surface area contributed by atoms with Gasteiger partial charge < -0.3 is 9.47 Å². The maximum atomic E-state index is 14.4. The summed E-state index contributed by atoms with van der Waals surface area (Å²) in [5, 5.41) is 0. The first-order valence-corrected chi connectivity index (χ1v) is 15.8. The summed E-state index contributed by atoms with van der Waals surface area (Å²) < 4.78 is 351. The molecule has 2 atom stereocenters. The highest BCUT2D eigenvalue weighted by Gasteiger charge is 3.00.